The molecule has 4 heteroatoms. The SMILES string of the molecule is CN(c1ccccc1)c1ccc(N(C)c2cccc(O[Si](C)(C)C)c2)cc1. The fourth-order valence-electron chi connectivity index (χ4n) is 2.96. The molecule has 0 heterocycles. The van der Waals surface area contributed by atoms with E-state index in [1.165, 1.54) is 5.69 Å². The van der Waals surface area contributed by atoms with Crippen molar-refractivity contribution < 1.29 is 4.43 Å². The normalized spacial score (nSPS) is 11.1. The number of benzene rings is 3. The summed E-state index contributed by atoms with van der Waals surface area (Å²) < 4.78 is 6.13. The largest absolute Gasteiger partial charge is 0.544 e. The van der Waals surface area contributed by atoms with E-state index in [1.54, 1.807) is 0 Å². The molecule has 3 aromatic rings. The highest BCUT2D eigenvalue weighted by molar-refractivity contribution is 6.70. The maximum Gasteiger partial charge on any atom is 0.242 e. The second-order valence-corrected chi connectivity index (χ2v) is 12.1. The summed E-state index contributed by atoms with van der Waals surface area (Å²) in [7, 11) is 2.56. The van der Waals surface area contributed by atoms with Crippen molar-refractivity contribution in [3.05, 3.63) is 78.9 Å². The van der Waals surface area contributed by atoms with Gasteiger partial charge in [0.1, 0.15) is 5.75 Å². The highest BCUT2D eigenvalue weighted by Gasteiger charge is 2.16. The molecule has 0 atom stereocenters. The average Bonchev–Trinajstić information content (AvgIpc) is 2.66. The van der Waals surface area contributed by atoms with Crippen LogP contribution in [0, 0.1) is 0 Å². The summed E-state index contributed by atoms with van der Waals surface area (Å²) >= 11 is 0. The van der Waals surface area contributed by atoms with E-state index in [9.17, 15) is 0 Å². The third kappa shape index (κ3) is 4.92. The standard InChI is InChI=1S/C23H28N2OSi/c1-24(19-10-7-6-8-11-19)20-14-16-21(17-15-20)25(2)22-12-9-13-23(18-22)26-27(3,4)5/h6-18H,1-5H3. The van der Waals surface area contributed by atoms with Crippen molar-refractivity contribution in [3.63, 3.8) is 0 Å². The molecule has 0 amide bonds. The van der Waals surface area contributed by atoms with Crippen LogP contribution in [0.15, 0.2) is 78.9 Å². The molecule has 3 aromatic carbocycles. The smallest absolute Gasteiger partial charge is 0.242 e. The van der Waals surface area contributed by atoms with Gasteiger partial charge in [0, 0.05) is 42.9 Å². The van der Waals surface area contributed by atoms with Gasteiger partial charge in [-0.2, -0.15) is 0 Å². The van der Waals surface area contributed by atoms with Crippen LogP contribution in [0.5, 0.6) is 5.75 Å². The number of para-hydroxylation sites is 1. The first-order valence-corrected chi connectivity index (χ1v) is 12.7. The molecule has 0 aliphatic heterocycles. The second kappa shape index (κ2) is 7.88. The van der Waals surface area contributed by atoms with Crippen LogP contribution < -0.4 is 14.2 Å². The predicted octanol–water partition coefficient (Wildman–Crippen LogP) is 6.44. The van der Waals surface area contributed by atoms with Gasteiger partial charge in [0.15, 0.2) is 0 Å². The van der Waals surface area contributed by atoms with Crippen LogP contribution in [0.1, 0.15) is 0 Å². The lowest BCUT2D eigenvalue weighted by atomic mass is 10.2. The van der Waals surface area contributed by atoms with E-state index in [1.807, 2.05) is 12.1 Å². The third-order valence-corrected chi connectivity index (χ3v) is 5.24. The van der Waals surface area contributed by atoms with Crippen molar-refractivity contribution in [1.29, 1.82) is 0 Å². The van der Waals surface area contributed by atoms with Crippen molar-refractivity contribution in [2.75, 3.05) is 23.9 Å². The minimum atomic E-state index is -1.61. The van der Waals surface area contributed by atoms with Gasteiger partial charge in [-0.3, -0.25) is 0 Å². The maximum atomic E-state index is 6.13. The van der Waals surface area contributed by atoms with E-state index in [2.05, 4.69) is 110 Å². The summed E-state index contributed by atoms with van der Waals surface area (Å²) in [6.45, 7) is 6.60. The number of rotatable bonds is 6. The van der Waals surface area contributed by atoms with Crippen LogP contribution in [0.25, 0.3) is 0 Å². The molecule has 3 rings (SSSR count). The van der Waals surface area contributed by atoms with Gasteiger partial charge in [-0.05, 0) is 68.2 Å². The molecule has 0 N–H and O–H groups in total. The lowest BCUT2D eigenvalue weighted by Crippen LogP contribution is -2.29. The molecular formula is C23H28N2OSi. The van der Waals surface area contributed by atoms with Crippen LogP contribution in [-0.4, -0.2) is 22.4 Å². The van der Waals surface area contributed by atoms with Crippen LogP contribution >= 0.6 is 0 Å². The van der Waals surface area contributed by atoms with Gasteiger partial charge < -0.3 is 14.2 Å². The van der Waals surface area contributed by atoms with Crippen molar-refractivity contribution >= 4 is 31.1 Å². The molecule has 3 nitrogen and oxygen atoms in total. The molecule has 140 valence electrons. The monoisotopic (exact) mass is 376 g/mol. The zero-order chi connectivity index (χ0) is 19.4. The van der Waals surface area contributed by atoms with E-state index in [0.29, 0.717) is 0 Å². The number of hydrogen-bond acceptors (Lipinski definition) is 3. The molecular weight excluding hydrogens is 348 g/mol. The van der Waals surface area contributed by atoms with Crippen molar-refractivity contribution in [2.24, 2.45) is 0 Å². The highest BCUT2D eigenvalue weighted by atomic mass is 28.4. The molecule has 0 unspecified atom stereocenters. The third-order valence-electron chi connectivity index (χ3n) is 4.40. The molecule has 0 radical (unpaired) electrons. The van der Waals surface area contributed by atoms with Crippen molar-refractivity contribution in [1.82, 2.24) is 0 Å². The molecule has 27 heavy (non-hydrogen) atoms. The number of hydrogen-bond donors (Lipinski definition) is 0. The van der Waals surface area contributed by atoms with Gasteiger partial charge in [-0.1, -0.05) is 24.3 Å². The Kier molecular flexibility index (Phi) is 5.56. The Balaban J connectivity index is 1.78. The minimum absolute atomic E-state index is 0.943. The Morgan fingerprint density at radius 3 is 1.63 bits per heavy atom. The molecule has 0 bridgehead atoms. The molecule has 0 spiro atoms. The van der Waals surface area contributed by atoms with Crippen molar-refractivity contribution in [3.8, 4) is 5.75 Å². The maximum absolute atomic E-state index is 6.13. The topological polar surface area (TPSA) is 15.7 Å². The molecule has 0 aromatic heterocycles. The summed E-state index contributed by atoms with van der Waals surface area (Å²) in [4.78, 5) is 4.37. The molecule has 0 aliphatic rings. The summed E-state index contributed by atoms with van der Waals surface area (Å²) in [5.41, 5.74) is 4.60. The van der Waals surface area contributed by atoms with Crippen molar-refractivity contribution in [2.45, 2.75) is 19.6 Å². The predicted molar refractivity (Wildman–Crippen MR) is 119 cm³/mol. The van der Waals surface area contributed by atoms with Crippen LogP contribution in [0.2, 0.25) is 19.6 Å². The lowest BCUT2D eigenvalue weighted by Gasteiger charge is -2.24. The zero-order valence-electron chi connectivity index (χ0n) is 16.8. The fourth-order valence-corrected chi connectivity index (χ4v) is 3.79. The zero-order valence-corrected chi connectivity index (χ0v) is 17.8. The second-order valence-electron chi connectivity index (χ2n) is 7.68. The van der Waals surface area contributed by atoms with Crippen LogP contribution in [0.4, 0.5) is 22.7 Å². The van der Waals surface area contributed by atoms with Gasteiger partial charge in [-0.25, -0.2) is 0 Å². The Morgan fingerprint density at radius 2 is 1.07 bits per heavy atom. The summed E-state index contributed by atoms with van der Waals surface area (Å²) in [6, 6.07) is 27.3. The average molecular weight is 377 g/mol. The van der Waals surface area contributed by atoms with E-state index in [-0.39, 0.29) is 0 Å². The van der Waals surface area contributed by atoms with E-state index >= 15 is 0 Å². The molecule has 0 saturated carbocycles. The molecule has 0 fully saturated rings. The first kappa shape index (κ1) is 19.0. The Morgan fingerprint density at radius 1 is 0.593 bits per heavy atom. The van der Waals surface area contributed by atoms with E-state index < -0.39 is 8.32 Å². The van der Waals surface area contributed by atoms with Crippen LogP contribution in [-0.2, 0) is 0 Å². The summed E-state index contributed by atoms with van der Waals surface area (Å²) in [6.07, 6.45) is 0. The van der Waals surface area contributed by atoms with Gasteiger partial charge in [0.05, 0.1) is 0 Å². The Bertz CT molecular complexity index is 873. The Hall–Kier alpha value is -2.72. The van der Waals surface area contributed by atoms with E-state index in [0.717, 1.165) is 22.8 Å². The molecule has 0 aliphatic carbocycles. The number of anilines is 4. The summed E-state index contributed by atoms with van der Waals surface area (Å²) in [5, 5.41) is 0. The van der Waals surface area contributed by atoms with Gasteiger partial charge in [0.2, 0.25) is 8.32 Å². The van der Waals surface area contributed by atoms with Gasteiger partial charge >= 0.3 is 0 Å². The van der Waals surface area contributed by atoms with Gasteiger partial charge in [-0.15, -0.1) is 0 Å². The highest BCUT2D eigenvalue weighted by Crippen LogP contribution is 2.30. The summed E-state index contributed by atoms with van der Waals surface area (Å²) in [5.74, 6) is 0.943. The van der Waals surface area contributed by atoms with E-state index in [4.69, 9.17) is 4.43 Å². The fraction of sp³-hybridized carbons (Fsp3) is 0.217. The first-order chi connectivity index (χ1) is 12.8. The van der Waals surface area contributed by atoms with Crippen LogP contribution in [0.3, 0.4) is 0 Å². The Labute approximate surface area is 164 Å². The quantitative estimate of drug-likeness (QED) is 0.461. The molecule has 0 saturated heterocycles. The lowest BCUT2D eigenvalue weighted by molar-refractivity contribution is 0.558. The van der Waals surface area contributed by atoms with Gasteiger partial charge in [0.25, 0.3) is 0 Å². The minimum Gasteiger partial charge on any atom is -0.544 e. The number of nitrogens with zero attached hydrogens (tertiary/aromatic N) is 2. The first-order valence-electron chi connectivity index (χ1n) is 9.25.